The van der Waals surface area contributed by atoms with E-state index < -0.39 is 0 Å². The fourth-order valence-electron chi connectivity index (χ4n) is 2.06. The molecule has 0 bridgehead atoms. The molecule has 0 saturated carbocycles. The lowest BCUT2D eigenvalue weighted by Gasteiger charge is -2.06. The molecular weight excluding hydrogens is 252 g/mol. The van der Waals surface area contributed by atoms with Crippen molar-refractivity contribution in [1.82, 2.24) is 0 Å². The van der Waals surface area contributed by atoms with E-state index in [2.05, 4.69) is 13.8 Å². The second-order valence-electron chi connectivity index (χ2n) is 5.17. The highest BCUT2D eigenvalue weighted by atomic mass is 16.5. The maximum Gasteiger partial charge on any atom is 0.0701 e. The van der Waals surface area contributed by atoms with Crippen LogP contribution in [0.25, 0.3) is 0 Å². The molecule has 0 N–H and O–H groups in total. The first-order chi connectivity index (χ1) is 9.91. The topological polar surface area (TPSA) is 27.7 Å². The summed E-state index contributed by atoms with van der Waals surface area (Å²) in [7, 11) is 0. The summed E-state index contributed by atoms with van der Waals surface area (Å²) in [6.07, 6.45) is 12.2. The molecule has 0 aliphatic carbocycles. The van der Waals surface area contributed by atoms with E-state index in [4.69, 9.17) is 14.2 Å². The minimum absolute atomic E-state index is 0.512. The van der Waals surface area contributed by atoms with Crippen molar-refractivity contribution in [2.75, 3.05) is 39.6 Å². The second-order valence-corrected chi connectivity index (χ2v) is 5.17. The van der Waals surface area contributed by atoms with Gasteiger partial charge in [0.2, 0.25) is 0 Å². The highest BCUT2D eigenvalue weighted by Gasteiger charge is 1.93. The first-order valence-electron chi connectivity index (χ1n) is 8.44. The van der Waals surface area contributed by atoms with Crippen molar-refractivity contribution < 1.29 is 14.2 Å². The van der Waals surface area contributed by atoms with Gasteiger partial charge in [0.25, 0.3) is 0 Å². The van der Waals surface area contributed by atoms with Crippen LogP contribution in [0.1, 0.15) is 64.7 Å². The van der Waals surface area contributed by atoms with Gasteiger partial charge in [-0.05, 0) is 13.3 Å². The monoisotopic (exact) mass is 287 g/mol. The summed E-state index contributed by atoms with van der Waals surface area (Å²) in [5.41, 5.74) is 0. The molecule has 3 nitrogen and oxygen atoms in total. The van der Waals surface area contributed by atoms with Crippen LogP contribution in [0.4, 0.5) is 0 Å². The molecule has 0 spiro atoms. The van der Waals surface area contributed by atoms with Gasteiger partial charge < -0.3 is 14.2 Å². The number of unbranched alkanes of at least 4 members (excludes halogenated alkanes) is 8. The molecule has 121 valence electrons. The Morgan fingerprint density at radius 3 is 1.55 bits per heavy atom. The highest BCUT2D eigenvalue weighted by molar-refractivity contribution is 4.46. The molecule has 0 aromatic rings. The summed E-state index contributed by atoms with van der Waals surface area (Å²) in [5, 5.41) is 0. The zero-order valence-corrected chi connectivity index (χ0v) is 13.5. The predicted molar refractivity (Wildman–Crippen MR) is 85.0 cm³/mol. The maximum absolute atomic E-state index is 5.52. The molecule has 0 rings (SSSR count). The van der Waals surface area contributed by atoms with Gasteiger partial charge in [-0.1, -0.05) is 58.3 Å². The van der Waals surface area contributed by atoms with Crippen molar-refractivity contribution in [3.8, 4) is 0 Å². The van der Waals surface area contributed by atoms with Gasteiger partial charge in [0.05, 0.1) is 26.4 Å². The Balaban J connectivity index is 2.89. The predicted octanol–water partition coefficient (Wildman–Crippen LogP) is 4.40. The molecule has 0 aliphatic rings. The van der Waals surface area contributed by atoms with Crippen LogP contribution >= 0.6 is 0 Å². The molecule has 0 heterocycles. The smallest absolute Gasteiger partial charge is 0.0701 e. The van der Waals surface area contributed by atoms with Crippen LogP contribution in [0.15, 0.2) is 0 Å². The summed E-state index contributed by atoms with van der Waals surface area (Å²) >= 11 is 0. The Labute approximate surface area is 126 Å². The number of hydrogen-bond donors (Lipinski definition) is 0. The SMILES string of the molecule is [CH2]COCCOCCOCCCCCCCCCCC. The van der Waals surface area contributed by atoms with Crippen LogP contribution in [0, 0.1) is 6.92 Å². The Morgan fingerprint density at radius 2 is 1.00 bits per heavy atom. The summed E-state index contributed by atoms with van der Waals surface area (Å²) in [4.78, 5) is 0. The third-order valence-electron chi connectivity index (χ3n) is 3.28. The van der Waals surface area contributed by atoms with Crippen molar-refractivity contribution in [2.45, 2.75) is 64.7 Å². The average Bonchev–Trinajstić information content (AvgIpc) is 2.47. The fourth-order valence-corrected chi connectivity index (χ4v) is 2.06. The molecule has 0 aliphatic heterocycles. The molecule has 0 fully saturated rings. The number of rotatable bonds is 17. The van der Waals surface area contributed by atoms with Crippen molar-refractivity contribution in [3.05, 3.63) is 6.92 Å². The molecule has 0 aromatic carbocycles. The fraction of sp³-hybridized carbons (Fsp3) is 0.941. The molecule has 20 heavy (non-hydrogen) atoms. The second kappa shape index (κ2) is 18.9. The quantitative estimate of drug-likeness (QED) is 0.371. The van der Waals surface area contributed by atoms with Gasteiger partial charge in [0, 0.05) is 13.2 Å². The average molecular weight is 287 g/mol. The largest absolute Gasteiger partial charge is 0.379 e. The molecular formula is C17H35O3. The van der Waals surface area contributed by atoms with Crippen LogP contribution in [0.5, 0.6) is 0 Å². The molecule has 0 atom stereocenters. The summed E-state index contributed by atoms with van der Waals surface area (Å²) in [5.74, 6) is 0. The van der Waals surface area contributed by atoms with Gasteiger partial charge >= 0.3 is 0 Å². The summed E-state index contributed by atoms with van der Waals surface area (Å²) in [6, 6.07) is 0. The van der Waals surface area contributed by atoms with Crippen molar-refractivity contribution in [1.29, 1.82) is 0 Å². The molecule has 0 amide bonds. The van der Waals surface area contributed by atoms with Crippen LogP contribution in [0.2, 0.25) is 0 Å². The minimum atomic E-state index is 0.512. The van der Waals surface area contributed by atoms with Crippen molar-refractivity contribution in [2.24, 2.45) is 0 Å². The molecule has 3 heteroatoms. The van der Waals surface area contributed by atoms with Gasteiger partial charge in [-0.2, -0.15) is 0 Å². The summed E-state index contributed by atoms with van der Waals surface area (Å²) in [6.45, 7) is 9.86. The number of hydrogen-bond acceptors (Lipinski definition) is 3. The Kier molecular flexibility index (Phi) is 18.8. The van der Waals surface area contributed by atoms with Crippen LogP contribution in [-0.2, 0) is 14.2 Å². The van der Waals surface area contributed by atoms with Gasteiger partial charge in [0.1, 0.15) is 0 Å². The van der Waals surface area contributed by atoms with E-state index >= 15 is 0 Å². The van der Waals surface area contributed by atoms with Gasteiger partial charge in [-0.3, -0.25) is 0 Å². The van der Waals surface area contributed by atoms with Gasteiger partial charge in [-0.25, -0.2) is 0 Å². The highest BCUT2D eigenvalue weighted by Crippen LogP contribution is 2.09. The van der Waals surface area contributed by atoms with Crippen molar-refractivity contribution >= 4 is 0 Å². The Morgan fingerprint density at radius 1 is 0.550 bits per heavy atom. The van der Waals surface area contributed by atoms with E-state index in [0.717, 1.165) is 6.61 Å². The van der Waals surface area contributed by atoms with E-state index in [1.807, 2.05) is 0 Å². The van der Waals surface area contributed by atoms with Crippen LogP contribution in [-0.4, -0.2) is 39.6 Å². The normalized spacial score (nSPS) is 11.1. The molecule has 0 aromatic heterocycles. The van der Waals surface area contributed by atoms with E-state index in [1.54, 1.807) is 0 Å². The molecule has 1 radical (unpaired) electrons. The third-order valence-corrected chi connectivity index (χ3v) is 3.28. The van der Waals surface area contributed by atoms with Crippen LogP contribution < -0.4 is 0 Å². The van der Waals surface area contributed by atoms with Crippen molar-refractivity contribution in [3.63, 3.8) is 0 Å². The van der Waals surface area contributed by atoms with Crippen LogP contribution in [0.3, 0.4) is 0 Å². The maximum atomic E-state index is 5.52. The van der Waals surface area contributed by atoms with E-state index in [1.165, 1.54) is 57.8 Å². The number of ether oxygens (including phenoxy) is 3. The lowest BCUT2D eigenvalue weighted by atomic mass is 10.1. The summed E-state index contributed by atoms with van der Waals surface area (Å²) < 4.78 is 15.9. The molecule has 0 saturated heterocycles. The van der Waals surface area contributed by atoms with Gasteiger partial charge in [-0.15, -0.1) is 0 Å². The lowest BCUT2D eigenvalue weighted by molar-refractivity contribution is 0.0185. The van der Waals surface area contributed by atoms with Gasteiger partial charge in [0.15, 0.2) is 0 Å². The zero-order valence-electron chi connectivity index (χ0n) is 13.5. The van der Waals surface area contributed by atoms with E-state index in [9.17, 15) is 0 Å². The standard InChI is InChI=1S/C17H35O3/c1-3-5-6-7-8-9-10-11-12-13-19-16-17-20-15-14-18-4-2/h2-17H2,1H3. The third kappa shape index (κ3) is 17.9. The Hall–Kier alpha value is -0.120. The first-order valence-corrected chi connectivity index (χ1v) is 8.44. The Bertz CT molecular complexity index is 144. The lowest BCUT2D eigenvalue weighted by Crippen LogP contribution is -2.09. The minimum Gasteiger partial charge on any atom is -0.379 e. The zero-order chi connectivity index (χ0) is 14.7. The first kappa shape index (κ1) is 19.9. The molecule has 0 unspecified atom stereocenters. The van der Waals surface area contributed by atoms with E-state index in [0.29, 0.717) is 33.0 Å². The van der Waals surface area contributed by atoms with E-state index in [-0.39, 0.29) is 0 Å².